The van der Waals surface area contributed by atoms with Crippen LogP contribution in [0.3, 0.4) is 0 Å². The van der Waals surface area contributed by atoms with E-state index >= 15 is 0 Å². The van der Waals surface area contributed by atoms with E-state index in [-0.39, 0.29) is 0 Å². The standard InChI is InChI=1S/C49H30N4O/c1-4-16-31(17-5-1)39-30-40-35-23-12-13-27-41(35)53(45(40)36-24-11-10-22-34(36)39)42-28-14-25-37-44-38(26-15-29-43(44)54-46(37)42)49-51-47(32-18-6-2-7-19-32)50-48(52-49)33-20-8-3-9-21-33/h1-30H. The van der Waals surface area contributed by atoms with Crippen molar-refractivity contribution >= 4 is 54.5 Å². The third kappa shape index (κ3) is 4.69. The molecule has 5 nitrogen and oxygen atoms in total. The summed E-state index contributed by atoms with van der Waals surface area (Å²) in [6.07, 6.45) is 0. The van der Waals surface area contributed by atoms with Crippen LogP contribution in [-0.2, 0) is 0 Å². The van der Waals surface area contributed by atoms with Gasteiger partial charge in [-0.15, -0.1) is 0 Å². The highest BCUT2D eigenvalue weighted by Crippen LogP contribution is 2.44. The van der Waals surface area contributed by atoms with Gasteiger partial charge in [-0.2, -0.15) is 0 Å². The Bertz CT molecular complexity index is 3140. The minimum Gasteiger partial charge on any atom is -0.454 e. The quantitative estimate of drug-likeness (QED) is 0.180. The van der Waals surface area contributed by atoms with Crippen LogP contribution in [0.4, 0.5) is 0 Å². The molecule has 54 heavy (non-hydrogen) atoms. The third-order valence-corrected chi connectivity index (χ3v) is 10.4. The van der Waals surface area contributed by atoms with Gasteiger partial charge in [-0.25, -0.2) is 15.0 Å². The van der Waals surface area contributed by atoms with Gasteiger partial charge >= 0.3 is 0 Å². The first-order chi connectivity index (χ1) is 26.8. The summed E-state index contributed by atoms with van der Waals surface area (Å²) in [5, 5.41) is 6.75. The molecule has 0 aliphatic rings. The van der Waals surface area contributed by atoms with E-state index in [1.54, 1.807) is 0 Å². The van der Waals surface area contributed by atoms with Crippen molar-refractivity contribution < 1.29 is 4.42 Å². The fourth-order valence-electron chi connectivity index (χ4n) is 8.05. The van der Waals surface area contributed by atoms with Crippen LogP contribution >= 0.6 is 0 Å². The highest BCUT2D eigenvalue weighted by molar-refractivity contribution is 6.23. The fourth-order valence-corrected chi connectivity index (χ4v) is 8.05. The number of rotatable bonds is 5. The normalized spacial score (nSPS) is 11.7. The Balaban J connectivity index is 1.19. The molecule has 0 saturated heterocycles. The SMILES string of the molecule is c1ccc(-c2nc(-c3ccccc3)nc(-c3cccc4oc5c(-n6c7ccccc7c7cc(-c8ccccc8)c8ccccc8c76)cccc5c34)n2)cc1. The highest BCUT2D eigenvalue weighted by Gasteiger charge is 2.23. The van der Waals surface area contributed by atoms with Gasteiger partial charge in [0.25, 0.3) is 0 Å². The number of para-hydroxylation sites is 2. The van der Waals surface area contributed by atoms with Gasteiger partial charge in [0, 0.05) is 43.6 Å². The van der Waals surface area contributed by atoms with E-state index in [4.69, 9.17) is 19.4 Å². The summed E-state index contributed by atoms with van der Waals surface area (Å²) >= 11 is 0. The maximum atomic E-state index is 6.91. The number of furan rings is 1. The maximum absolute atomic E-state index is 6.91. The Kier molecular flexibility index (Phi) is 6.79. The fraction of sp³-hybridized carbons (Fsp3) is 0. The molecule has 0 N–H and O–H groups in total. The van der Waals surface area contributed by atoms with Gasteiger partial charge in [-0.05, 0) is 40.8 Å². The van der Waals surface area contributed by atoms with E-state index < -0.39 is 0 Å². The molecule has 0 radical (unpaired) electrons. The van der Waals surface area contributed by atoms with Crippen LogP contribution in [0.5, 0.6) is 0 Å². The lowest BCUT2D eigenvalue weighted by atomic mass is 9.95. The minimum atomic E-state index is 0.595. The van der Waals surface area contributed by atoms with Crippen molar-refractivity contribution in [1.29, 1.82) is 0 Å². The van der Waals surface area contributed by atoms with Crippen molar-refractivity contribution in [3.05, 3.63) is 182 Å². The van der Waals surface area contributed by atoms with Gasteiger partial charge in [0.2, 0.25) is 0 Å². The zero-order valence-corrected chi connectivity index (χ0v) is 29.0. The molecule has 11 rings (SSSR count). The lowest BCUT2D eigenvalue weighted by molar-refractivity contribution is 0.666. The van der Waals surface area contributed by atoms with E-state index in [1.165, 1.54) is 32.7 Å². The molecule has 3 aromatic heterocycles. The topological polar surface area (TPSA) is 56.7 Å². The molecule has 3 heterocycles. The molecule has 0 atom stereocenters. The number of aromatic nitrogens is 4. The summed E-state index contributed by atoms with van der Waals surface area (Å²) in [6, 6.07) is 63.2. The molecule has 0 spiro atoms. The summed E-state index contributed by atoms with van der Waals surface area (Å²) in [7, 11) is 0. The zero-order chi connectivity index (χ0) is 35.6. The number of hydrogen-bond donors (Lipinski definition) is 0. The van der Waals surface area contributed by atoms with Gasteiger partial charge in [0.15, 0.2) is 23.1 Å². The molecule has 0 aliphatic heterocycles. The van der Waals surface area contributed by atoms with E-state index in [2.05, 4.69) is 114 Å². The van der Waals surface area contributed by atoms with Crippen LogP contribution in [0.25, 0.3) is 105 Å². The molecule has 0 aliphatic carbocycles. The first-order valence-electron chi connectivity index (χ1n) is 18.1. The van der Waals surface area contributed by atoms with Gasteiger partial charge in [0.1, 0.15) is 5.58 Å². The summed E-state index contributed by atoms with van der Waals surface area (Å²) in [5.74, 6) is 1.84. The molecular formula is C49H30N4O. The smallest absolute Gasteiger partial charge is 0.164 e. The maximum Gasteiger partial charge on any atom is 0.164 e. The molecule has 11 aromatic rings. The summed E-state index contributed by atoms with van der Waals surface area (Å²) in [5.41, 5.74) is 9.99. The van der Waals surface area contributed by atoms with E-state index in [0.717, 1.165) is 55.3 Å². The summed E-state index contributed by atoms with van der Waals surface area (Å²) in [6.45, 7) is 0. The number of fused-ring (bicyclic) bond motifs is 8. The van der Waals surface area contributed by atoms with Crippen molar-refractivity contribution in [3.8, 4) is 51.0 Å². The summed E-state index contributed by atoms with van der Waals surface area (Å²) in [4.78, 5) is 15.1. The number of benzene rings is 8. The Morgan fingerprint density at radius 3 is 1.65 bits per heavy atom. The van der Waals surface area contributed by atoms with E-state index in [0.29, 0.717) is 17.5 Å². The van der Waals surface area contributed by atoms with Crippen LogP contribution < -0.4 is 0 Å². The molecule has 5 heteroatoms. The highest BCUT2D eigenvalue weighted by atomic mass is 16.3. The van der Waals surface area contributed by atoms with Gasteiger partial charge < -0.3 is 8.98 Å². The average Bonchev–Trinajstić information content (AvgIpc) is 3.80. The van der Waals surface area contributed by atoms with Gasteiger partial charge in [0.05, 0.1) is 16.7 Å². The van der Waals surface area contributed by atoms with Crippen molar-refractivity contribution in [2.24, 2.45) is 0 Å². The predicted octanol–water partition coefficient (Wildman–Crippen LogP) is 12.7. The Hall–Kier alpha value is -7.37. The molecule has 252 valence electrons. The van der Waals surface area contributed by atoms with Crippen LogP contribution in [0.1, 0.15) is 0 Å². The van der Waals surface area contributed by atoms with Crippen molar-refractivity contribution in [1.82, 2.24) is 19.5 Å². The lowest BCUT2D eigenvalue weighted by Gasteiger charge is -2.13. The Morgan fingerprint density at radius 2 is 0.944 bits per heavy atom. The first kappa shape index (κ1) is 30.3. The second-order valence-electron chi connectivity index (χ2n) is 13.6. The average molecular weight is 691 g/mol. The van der Waals surface area contributed by atoms with Crippen molar-refractivity contribution in [2.45, 2.75) is 0 Å². The van der Waals surface area contributed by atoms with Crippen LogP contribution in [0.15, 0.2) is 186 Å². The predicted molar refractivity (Wildman–Crippen MR) is 221 cm³/mol. The first-order valence-corrected chi connectivity index (χ1v) is 18.1. The minimum absolute atomic E-state index is 0.595. The Labute approximate surface area is 310 Å². The monoisotopic (exact) mass is 690 g/mol. The number of hydrogen-bond acceptors (Lipinski definition) is 4. The van der Waals surface area contributed by atoms with E-state index in [1.807, 2.05) is 72.8 Å². The van der Waals surface area contributed by atoms with Crippen molar-refractivity contribution in [3.63, 3.8) is 0 Å². The zero-order valence-electron chi connectivity index (χ0n) is 29.0. The van der Waals surface area contributed by atoms with E-state index in [9.17, 15) is 0 Å². The van der Waals surface area contributed by atoms with Gasteiger partial charge in [-0.3, -0.25) is 0 Å². The van der Waals surface area contributed by atoms with Crippen LogP contribution in [0, 0.1) is 0 Å². The van der Waals surface area contributed by atoms with Crippen molar-refractivity contribution in [2.75, 3.05) is 0 Å². The van der Waals surface area contributed by atoms with Gasteiger partial charge in [-0.1, -0.05) is 158 Å². The summed E-state index contributed by atoms with van der Waals surface area (Å²) < 4.78 is 9.30. The van der Waals surface area contributed by atoms with Crippen LogP contribution in [-0.4, -0.2) is 19.5 Å². The largest absolute Gasteiger partial charge is 0.454 e. The molecule has 0 fully saturated rings. The van der Waals surface area contributed by atoms with Crippen LogP contribution in [0.2, 0.25) is 0 Å². The molecule has 0 bridgehead atoms. The third-order valence-electron chi connectivity index (χ3n) is 10.4. The number of nitrogens with zero attached hydrogens (tertiary/aromatic N) is 4. The molecule has 8 aromatic carbocycles. The molecule has 0 saturated carbocycles. The Morgan fingerprint density at radius 1 is 0.389 bits per heavy atom. The molecule has 0 amide bonds. The second-order valence-corrected chi connectivity index (χ2v) is 13.6. The molecular weight excluding hydrogens is 661 g/mol. The second kappa shape index (κ2) is 12.1. The molecule has 0 unspecified atom stereocenters. The lowest BCUT2D eigenvalue weighted by Crippen LogP contribution is -2.00.